The molecule has 0 heterocycles. The summed E-state index contributed by atoms with van der Waals surface area (Å²) in [6, 6.07) is 0. The van der Waals surface area contributed by atoms with Crippen LogP contribution in [0.5, 0.6) is 0 Å². The highest BCUT2D eigenvalue weighted by Gasteiger charge is 2.13. The highest BCUT2D eigenvalue weighted by atomic mass is 16.5. The maximum atomic E-state index is 11.2. The first kappa shape index (κ1) is 14.9. The Hall–Kier alpha value is -1.10. The first-order valence-corrected chi connectivity index (χ1v) is 5.53. The van der Waals surface area contributed by atoms with E-state index in [1.807, 2.05) is 6.92 Å². The number of rotatable bonds is 7. The average Bonchev–Trinajstić information content (AvgIpc) is 2.31. The molecule has 0 aliphatic rings. The van der Waals surface area contributed by atoms with Crippen LogP contribution < -0.4 is 10.6 Å². The van der Waals surface area contributed by atoms with Gasteiger partial charge in [0.2, 0.25) is 11.8 Å². The molecule has 0 aromatic carbocycles. The third-order valence-electron chi connectivity index (χ3n) is 2.45. The fourth-order valence-corrected chi connectivity index (χ4v) is 1.22. The average molecular weight is 230 g/mol. The molecule has 0 aromatic rings. The molecule has 0 radical (unpaired) electrons. The second-order valence-electron chi connectivity index (χ2n) is 3.89. The predicted octanol–water partition coefficient (Wildman–Crippen LogP) is 0.157. The van der Waals surface area contributed by atoms with Crippen LogP contribution in [0.2, 0.25) is 0 Å². The lowest BCUT2D eigenvalue weighted by Gasteiger charge is -2.12. The van der Waals surface area contributed by atoms with Crippen molar-refractivity contribution in [3.63, 3.8) is 0 Å². The Morgan fingerprint density at radius 3 is 2.06 bits per heavy atom. The van der Waals surface area contributed by atoms with Crippen molar-refractivity contribution in [1.82, 2.24) is 10.6 Å². The van der Waals surface area contributed by atoms with E-state index < -0.39 is 0 Å². The molecule has 0 saturated heterocycles. The van der Waals surface area contributed by atoms with Crippen LogP contribution in [0.3, 0.4) is 0 Å². The van der Waals surface area contributed by atoms with E-state index in [4.69, 9.17) is 4.74 Å². The Bertz CT molecular complexity index is 207. The van der Waals surface area contributed by atoms with Gasteiger partial charge in [-0.1, -0.05) is 13.8 Å². The highest BCUT2D eigenvalue weighted by molar-refractivity contribution is 5.78. The van der Waals surface area contributed by atoms with Crippen molar-refractivity contribution in [2.75, 3.05) is 27.3 Å². The molecule has 5 nitrogen and oxygen atoms in total. The largest absolute Gasteiger partial charge is 0.381 e. The standard InChI is InChI=1S/C11H22N2O3/c1-8(10(14)12-3)5-6-16-7-9(2)11(15)13-4/h8-9H,5-7H2,1-4H3,(H,12,14)(H,13,15). The van der Waals surface area contributed by atoms with Crippen molar-refractivity contribution in [2.45, 2.75) is 20.3 Å². The van der Waals surface area contributed by atoms with Crippen LogP contribution in [-0.4, -0.2) is 39.1 Å². The fraction of sp³-hybridized carbons (Fsp3) is 0.818. The number of hydrogen-bond donors (Lipinski definition) is 2. The fourth-order valence-electron chi connectivity index (χ4n) is 1.22. The SMILES string of the molecule is CNC(=O)C(C)CCOCC(C)C(=O)NC. The van der Waals surface area contributed by atoms with E-state index in [9.17, 15) is 9.59 Å². The molecule has 0 bridgehead atoms. The minimum Gasteiger partial charge on any atom is -0.381 e. The van der Waals surface area contributed by atoms with Gasteiger partial charge in [0.05, 0.1) is 12.5 Å². The molecule has 5 heteroatoms. The summed E-state index contributed by atoms with van der Waals surface area (Å²) in [4.78, 5) is 22.3. The van der Waals surface area contributed by atoms with Gasteiger partial charge in [-0.2, -0.15) is 0 Å². The van der Waals surface area contributed by atoms with Crippen LogP contribution >= 0.6 is 0 Å². The smallest absolute Gasteiger partial charge is 0.224 e. The maximum absolute atomic E-state index is 11.2. The van der Waals surface area contributed by atoms with E-state index in [0.717, 1.165) is 0 Å². The monoisotopic (exact) mass is 230 g/mol. The first-order valence-electron chi connectivity index (χ1n) is 5.53. The van der Waals surface area contributed by atoms with Crippen molar-refractivity contribution in [2.24, 2.45) is 11.8 Å². The molecule has 0 saturated carbocycles. The Morgan fingerprint density at radius 2 is 1.56 bits per heavy atom. The number of amides is 2. The molecule has 0 aromatic heterocycles. The third kappa shape index (κ3) is 5.70. The van der Waals surface area contributed by atoms with Gasteiger partial charge >= 0.3 is 0 Å². The summed E-state index contributed by atoms with van der Waals surface area (Å²) < 4.78 is 5.34. The summed E-state index contributed by atoms with van der Waals surface area (Å²) >= 11 is 0. The summed E-state index contributed by atoms with van der Waals surface area (Å²) in [5, 5.41) is 5.14. The van der Waals surface area contributed by atoms with Gasteiger partial charge in [0.1, 0.15) is 0 Å². The molecule has 0 rings (SSSR count). The van der Waals surface area contributed by atoms with E-state index in [-0.39, 0.29) is 23.7 Å². The maximum Gasteiger partial charge on any atom is 0.224 e. The van der Waals surface area contributed by atoms with Crippen LogP contribution in [0.1, 0.15) is 20.3 Å². The summed E-state index contributed by atoms with van der Waals surface area (Å²) in [7, 11) is 3.22. The van der Waals surface area contributed by atoms with Crippen molar-refractivity contribution in [3.8, 4) is 0 Å². The van der Waals surface area contributed by atoms with E-state index in [1.165, 1.54) is 0 Å². The molecule has 2 amide bonds. The Morgan fingerprint density at radius 1 is 1.06 bits per heavy atom. The second-order valence-corrected chi connectivity index (χ2v) is 3.89. The molecule has 2 N–H and O–H groups in total. The predicted molar refractivity (Wildman–Crippen MR) is 61.9 cm³/mol. The van der Waals surface area contributed by atoms with Gasteiger partial charge in [-0.3, -0.25) is 9.59 Å². The van der Waals surface area contributed by atoms with E-state index in [1.54, 1.807) is 21.0 Å². The summed E-state index contributed by atoms with van der Waals surface area (Å²) in [6.45, 7) is 4.54. The van der Waals surface area contributed by atoms with Crippen molar-refractivity contribution >= 4 is 11.8 Å². The lowest BCUT2D eigenvalue weighted by Crippen LogP contribution is -2.29. The molecule has 2 unspecified atom stereocenters. The van der Waals surface area contributed by atoms with Gasteiger partial charge < -0.3 is 15.4 Å². The second kappa shape index (κ2) is 8.10. The normalized spacial score (nSPS) is 14.0. The highest BCUT2D eigenvalue weighted by Crippen LogP contribution is 2.03. The van der Waals surface area contributed by atoms with E-state index >= 15 is 0 Å². The Labute approximate surface area is 96.9 Å². The third-order valence-corrected chi connectivity index (χ3v) is 2.45. The number of ether oxygens (including phenoxy) is 1. The van der Waals surface area contributed by atoms with Crippen molar-refractivity contribution < 1.29 is 14.3 Å². The van der Waals surface area contributed by atoms with Gasteiger partial charge in [0, 0.05) is 26.6 Å². The van der Waals surface area contributed by atoms with Gasteiger partial charge in [-0.05, 0) is 6.42 Å². The minimum absolute atomic E-state index is 0.0166. The lowest BCUT2D eigenvalue weighted by molar-refractivity contribution is -0.127. The zero-order valence-corrected chi connectivity index (χ0v) is 10.5. The number of carbonyl (C=O) groups excluding carboxylic acids is 2. The number of nitrogens with one attached hydrogen (secondary N) is 2. The van der Waals surface area contributed by atoms with Crippen LogP contribution in [0, 0.1) is 11.8 Å². The van der Waals surface area contributed by atoms with Gasteiger partial charge in [0.15, 0.2) is 0 Å². The molecule has 0 aliphatic heterocycles. The van der Waals surface area contributed by atoms with E-state index in [2.05, 4.69) is 10.6 Å². The molecule has 16 heavy (non-hydrogen) atoms. The molecule has 94 valence electrons. The molecule has 2 atom stereocenters. The lowest BCUT2D eigenvalue weighted by atomic mass is 10.1. The van der Waals surface area contributed by atoms with Gasteiger partial charge in [0.25, 0.3) is 0 Å². The molecule has 0 aliphatic carbocycles. The minimum atomic E-state index is -0.152. The topological polar surface area (TPSA) is 67.4 Å². The van der Waals surface area contributed by atoms with Crippen LogP contribution in [0.25, 0.3) is 0 Å². The zero-order chi connectivity index (χ0) is 12.6. The Balaban J connectivity index is 3.60. The van der Waals surface area contributed by atoms with Crippen LogP contribution in [0.4, 0.5) is 0 Å². The van der Waals surface area contributed by atoms with Crippen molar-refractivity contribution in [3.05, 3.63) is 0 Å². The van der Waals surface area contributed by atoms with Gasteiger partial charge in [-0.25, -0.2) is 0 Å². The number of hydrogen-bond acceptors (Lipinski definition) is 3. The Kier molecular flexibility index (Phi) is 7.54. The molecule has 0 spiro atoms. The quantitative estimate of drug-likeness (QED) is 0.612. The summed E-state index contributed by atoms with van der Waals surface area (Å²) in [5.41, 5.74) is 0. The van der Waals surface area contributed by atoms with Gasteiger partial charge in [-0.15, -0.1) is 0 Å². The molecular weight excluding hydrogens is 208 g/mol. The first-order chi connectivity index (χ1) is 7.52. The summed E-state index contributed by atoms with van der Waals surface area (Å²) in [6.07, 6.45) is 0.667. The van der Waals surface area contributed by atoms with Crippen LogP contribution in [-0.2, 0) is 14.3 Å². The zero-order valence-electron chi connectivity index (χ0n) is 10.5. The van der Waals surface area contributed by atoms with E-state index in [0.29, 0.717) is 19.6 Å². The molecular formula is C11H22N2O3. The summed E-state index contributed by atoms with van der Waals surface area (Å²) in [5.74, 6) is -0.220. The van der Waals surface area contributed by atoms with Crippen LogP contribution in [0.15, 0.2) is 0 Å². The van der Waals surface area contributed by atoms with Crippen molar-refractivity contribution in [1.29, 1.82) is 0 Å². The number of carbonyl (C=O) groups is 2. The molecule has 0 fully saturated rings.